The molecular formula is C16H27ClN2O3. The molecule has 0 aliphatic rings. The Balaban J connectivity index is 0.00000441. The van der Waals surface area contributed by atoms with E-state index in [0.29, 0.717) is 32.8 Å². The van der Waals surface area contributed by atoms with Gasteiger partial charge in [-0.05, 0) is 38.6 Å². The number of hydrogen-bond acceptors (Lipinski definition) is 4. The van der Waals surface area contributed by atoms with E-state index in [2.05, 4.69) is 10.6 Å². The van der Waals surface area contributed by atoms with E-state index in [9.17, 15) is 4.79 Å². The molecule has 0 aliphatic heterocycles. The fraction of sp³-hybridized carbons (Fsp3) is 0.562. The first kappa shape index (κ1) is 20.9. The molecule has 0 heterocycles. The Hall–Kier alpha value is -1.14. The molecular weight excluding hydrogens is 304 g/mol. The van der Waals surface area contributed by atoms with Gasteiger partial charge < -0.3 is 20.1 Å². The second-order valence-corrected chi connectivity index (χ2v) is 5.07. The first-order valence-electron chi connectivity index (χ1n) is 7.34. The van der Waals surface area contributed by atoms with Crippen molar-refractivity contribution in [2.24, 2.45) is 0 Å². The average molecular weight is 331 g/mol. The van der Waals surface area contributed by atoms with Crippen molar-refractivity contribution in [2.75, 3.05) is 32.1 Å². The van der Waals surface area contributed by atoms with Crippen LogP contribution in [0.15, 0.2) is 24.3 Å². The van der Waals surface area contributed by atoms with Gasteiger partial charge in [0.15, 0.2) is 0 Å². The number of rotatable bonds is 10. The van der Waals surface area contributed by atoms with Crippen molar-refractivity contribution >= 4 is 24.0 Å². The fourth-order valence-corrected chi connectivity index (χ4v) is 1.73. The van der Waals surface area contributed by atoms with Crippen LogP contribution in [0.2, 0.25) is 0 Å². The molecule has 1 rings (SSSR count). The van der Waals surface area contributed by atoms with Crippen LogP contribution < -0.4 is 10.6 Å². The zero-order valence-electron chi connectivity index (χ0n) is 13.6. The SMILES string of the molecule is CNCCC(=O)Nc1cccc(COCCOC(C)C)c1.Cl. The van der Waals surface area contributed by atoms with E-state index in [4.69, 9.17) is 9.47 Å². The maximum atomic E-state index is 11.6. The molecule has 0 aliphatic carbocycles. The Labute approximate surface area is 139 Å². The van der Waals surface area contributed by atoms with Crippen molar-refractivity contribution in [1.82, 2.24) is 5.32 Å². The fourth-order valence-electron chi connectivity index (χ4n) is 1.73. The standard InChI is InChI=1S/C16H26N2O3.ClH/c1-13(2)21-10-9-20-12-14-5-4-6-15(11-14)18-16(19)7-8-17-3;/h4-6,11,13,17H,7-10,12H2,1-3H3,(H,18,19);1H. The predicted octanol–water partition coefficient (Wildman–Crippen LogP) is 2.60. The van der Waals surface area contributed by atoms with Crippen LogP contribution in [-0.4, -0.2) is 38.8 Å². The summed E-state index contributed by atoms with van der Waals surface area (Å²) in [4.78, 5) is 11.6. The molecule has 1 aromatic carbocycles. The van der Waals surface area contributed by atoms with Gasteiger partial charge in [-0.2, -0.15) is 0 Å². The molecule has 6 heteroatoms. The minimum Gasteiger partial charge on any atom is -0.376 e. The molecule has 22 heavy (non-hydrogen) atoms. The van der Waals surface area contributed by atoms with Crippen LogP contribution in [0, 0.1) is 0 Å². The van der Waals surface area contributed by atoms with Crippen LogP contribution in [0.4, 0.5) is 5.69 Å². The summed E-state index contributed by atoms with van der Waals surface area (Å²) in [6.45, 7) is 6.35. The number of halogens is 1. The monoisotopic (exact) mass is 330 g/mol. The molecule has 126 valence electrons. The third kappa shape index (κ3) is 9.73. The minimum atomic E-state index is 0. The number of nitrogens with one attached hydrogen (secondary N) is 2. The summed E-state index contributed by atoms with van der Waals surface area (Å²) in [7, 11) is 1.83. The van der Waals surface area contributed by atoms with Gasteiger partial charge in [0.05, 0.1) is 25.9 Å². The number of carbonyl (C=O) groups is 1. The van der Waals surface area contributed by atoms with Crippen molar-refractivity contribution < 1.29 is 14.3 Å². The maximum absolute atomic E-state index is 11.6. The van der Waals surface area contributed by atoms with Gasteiger partial charge in [-0.1, -0.05) is 12.1 Å². The van der Waals surface area contributed by atoms with E-state index in [-0.39, 0.29) is 24.4 Å². The number of benzene rings is 1. The van der Waals surface area contributed by atoms with E-state index in [0.717, 1.165) is 11.3 Å². The summed E-state index contributed by atoms with van der Waals surface area (Å²) < 4.78 is 11.0. The van der Waals surface area contributed by atoms with Gasteiger partial charge in [-0.15, -0.1) is 12.4 Å². The Morgan fingerprint density at radius 3 is 2.73 bits per heavy atom. The van der Waals surface area contributed by atoms with Crippen molar-refractivity contribution in [1.29, 1.82) is 0 Å². The molecule has 0 radical (unpaired) electrons. The van der Waals surface area contributed by atoms with Gasteiger partial charge >= 0.3 is 0 Å². The Bertz CT molecular complexity index is 428. The van der Waals surface area contributed by atoms with Crippen LogP contribution >= 0.6 is 12.4 Å². The quantitative estimate of drug-likeness (QED) is 0.647. The minimum absolute atomic E-state index is 0. The van der Waals surface area contributed by atoms with Crippen LogP contribution in [-0.2, 0) is 20.9 Å². The Kier molecular flexibility index (Phi) is 11.8. The van der Waals surface area contributed by atoms with Crippen molar-refractivity contribution in [3.8, 4) is 0 Å². The highest BCUT2D eigenvalue weighted by Gasteiger charge is 2.02. The zero-order chi connectivity index (χ0) is 15.5. The zero-order valence-corrected chi connectivity index (χ0v) is 14.4. The Morgan fingerprint density at radius 1 is 1.27 bits per heavy atom. The molecule has 5 nitrogen and oxygen atoms in total. The lowest BCUT2D eigenvalue weighted by Crippen LogP contribution is -2.18. The molecule has 1 aromatic rings. The predicted molar refractivity (Wildman–Crippen MR) is 91.6 cm³/mol. The average Bonchev–Trinajstić information content (AvgIpc) is 2.45. The van der Waals surface area contributed by atoms with E-state index in [1.54, 1.807) is 0 Å². The number of amides is 1. The summed E-state index contributed by atoms with van der Waals surface area (Å²) in [5.41, 5.74) is 1.83. The van der Waals surface area contributed by atoms with Gasteiger partial charge in [-0.3, -0.25) is 4.79 Å². The largest absolute Gasteiger partial charge is 0.376 e. The summed E-state index contributed by atoms with van der Waals surface area (Å²) in [5.74, 6) is 0.00718. The summed E-state index contributed by atoms with van der Waals surface area (Å²) in [6.07, 6.45) is 0.689. The molecule has 0 spiro atoms. The number of hydrogen-bond donors (Lipinski definition) is 2. The topological polar surface area (TPSA) is 59.6 Å². The van der Waals surface area contributed by atoms with Crippen LogP contribution in [0.5, 0.6) is 0 Å². The first-order chi connectivity index (χ1) is 10.1. The second kappa shape index (κ2) is 12.4. The highest BCUT2D eigenvalue weighted by Crippen LogP contribution is 2.12. The number of anilines is 1. The van der Waals surface area contributed by atoms with Crippen LogP contribution in [0.1, 0.15) is 25.8 Å². The first-order valence-corrected chi connectivity index (χ1v) is 7.34. The summed E-state index contributed by atoms with van der Waals surface area (Å²) in [5, 5.41) is 5.83. The van der Waals surface area contributed by atoms with Crippen molar-refractivity contribution in [3.63, 3.8) is 0 Å². The molecule has 1 amide bonds. The number of ether oxygens (including phenoxy) is 2. The molecule has 0 fully saturated rings. The van der Waals surface area contributed by atoms with Crippen LogP contribution in [0.25, 0.3) is 0 Å². The van der Waals surface area contributed by atoms with Gasteiger partial charge in [0, 0.05) is 18.7 Å². The third-order valence-electron chi connectivity index (χ3n) is 2.76. The second-order valence-electron chi connectivity index (χ2n) is 5.07. The molecule has 2 N–H and O–H groups in total. The lowest BCUT2D eigenvalue weighted by molar-refractivity contribution is -0.116. The third-order valence-corrected chi connectivity index (χ3v) is 2.76. The Morgan fingerprint density at radius 2 is 2.05 bits per heavy atom. The lowest BCUT2D eigenvalue weighted by atomic mass is 10.2. The van der Waals surface area contributed by atoms with Gasteiger partial charge in [0.25, 0.3) is 0 Å². The van der Waals surface area contributed by atoms with Crippen molar-refractivity contribution in [3.05, 3.63) is 29.8 Å². The van der Waals surface area contributed by atoms with E-state index in [1.807, 2.05) is 45.2 Å². The maximum Gasteiger partial charge on any atom is 0.225 e. The highest BCUT2D eigenvalue weighted by molar-refractivity contribution is 5.90. The van der Waals surface area contributed by atoms with Gasteiger partial charge in [-0.25, -0.2) is 0 Å². The van der Waals surface area contributed by atoms with Crippen molar-refractivity contribution in [2.45, 2.75) is 33.0 Å². The molecule has 0 unspecified atom stereocenters. The van der Waals surface area contributed by atoms with Gasteiger partial charge in [0.2, 0.25) is 5.91 Å². The molecule has 0 atom stereocenters. The van der Waals surface area contributed by atoms with E-state index >= 15 is 0 Å². The van der Waals surface area contributed by atoms with Crippen LogP contribution in [0.3, 0.4) is 0 Å². The summed E-state index contributed by atoms with van der Waals surface area (Å²) >= 11 is 0. The number of carbonyl (C=O) groups excluding carboxylic acids is 1. The van der Waals surface area contributed by atoms with E-state index < -0.39 is 0 Å². The lowest BCUT2D eigenvalue weighted by Gasteiger charge is -2.09. The summed E-state index contributed by atoms with van der Waals surface area (Å²) in [6, 6.07) is 7.70. The normalized spacial score (nSPS) is 10.4. The highest BCUT2D eigenvalue weighted by atomic mass is 35.5. The molecule has 0 aromatic heterocycles. The molecule has 0 bridgehead atoms. The van der Waals surface area contributed by atoms with Gasteiger partial charge in [0.1, 0.15) is 0 Å². The smallest absolute Gasteiger partial charge is 0.225 e. The molecule has 0 saturated heterocycles. The molecule has 0 saturated carbocycles. The van der Waals surface area contributed by atoms with E-state index in [1.165, 1.54) is 0 Å².